The van der Waals surface area contributed by atoms with Crippen molar-refractivity contribution in [2.24, 2.45) is 5.92 Å². The molecule has 6 nitrogen and oxygen atoms in total. The van der Waals surface area contributed by atoms with E-state index in [-0.39, 0.29) is 38.0 Å². The predicted octanol–water partition coefficient (Wildman–Crippen LogP) is 3.67. The number of ketones is 1. The van der Waals surface area contributed by atoms with E-state index in [0.717, 1.165) is 17.0 Å². The second-order valence-corrected chi connectivity index (χ2v) is 6.85. The van der Waals surface area contributed by atoms with E-state index < -0.39 is 53.8 Å². The molecule has 1 fully saturated rings. The molecule has 1 aromatic rings. The first-order valence-electron chi connectivity index (χ1n) is 9.05. The molecule has 2 rings (SSSR count). The molecule has 1 aliphatic rings. The lowest BCUT2D eigenvalue weighted by Gasteiger charge is -2.37. The van der Waals surface area contributed by atoms with Crippen LogP contribution in [0, 0.1) is 11.7 Å². The normalized spacial score (nSPS) is 19.7. The number of hydrogen-bond acceptors (Lipinski definition) is 4. The SMILES string of the molecule is CCOC(=O)CC(=O)C1CCN(C(=O)O)C(Cc2cc(F)cc(C(F)(F)F)c2)C1. The number of Topliss-reactive ketones (excluding diaryl/α,β-unsaturated/α-hetero) is 1. The highest BCUT2D eigenvalue weighted by Crippen LogP contribution is 2.32. The minimum absolute atomic E-state index is 0.0132. The van der Waals surface area contributed by atoms with Crippen molar-refractivity contribution >= 4 is 17.8 Å². The van der Waals surface area contributed by atoms with Crippen molar-refractivity contribution in [2.45, 2.75) is 44.8 Å². The molecule has 10 heteroatoms. The van der Waals surface area contributed by atoms with E-state index in [9.17, 15) is 37.1 Å². The summed E-state index contributed by atoms with van der Waals surface area (Å²) < 4.78 is 57.2. The first-order valence-corrected chi connectivity index (χ1v) is 9.05. The van der Waals surface area contributed by atoms with Crippen LogP contribution in [0.15, 0.2) is 18.2 Å². The zero-order valence-electron chi connectivity index (χ0n) is 15.7. The highest BCUT2D eigenvalue weighted by atomic mass is 19.4. The number of esters is 1. The number of ether oxygens (including phenoxy) is 1. The molecule has 1 amide bonds. The Labute approximate surface area is 164 Å². The van der Waals surface area contributed by atoms with E-state index >= 15 is 0 Å². The number of amides is 1. The zero-order valence-corrected chi connectivity index (χ0v) is 15.7. The Hall–Kier alpha value is -2.65. The molecule has 0 spiro atoms. The van der Waals surface area contributed by atoms with Crippen molar-refractivity contribution in [1.29, 1.82) is 0 Å². The highest BCUT2D eigenvalue weighted by molar-refractivity contribution is 5.96. The molecule has 0 bridgehead atoms. The van der Waals surface area contributed by atoms with Gasteiger partial charge in [0.1, 0.15) is 18.0 Å². The number of hydrogen-bond donors (Lipinski definition) is 1. The number of nitrogens with zero attached hydrogens (tertiary/aromatic N) is 1. The molecule has 0 saturated carbocycles. The fourth-order valence-corrected chi connectivity index (χ4v) is 3.49. The van der Waals surface area contributed by atoms with E-state index in [1.165, 1.54) is 0 Å². The smallest absolute Gasteiger partial charge is 0.416 e. The lowest BCUT2D eigenvalue weighted by molar-refractivity contribution is -0.146. The second kappa shape index (κ2) is 9.23. The third-order valence-electron chi connectivity index (χ3n) is 4.80. The van der Waals surface area contributed by atoms with Crippen LogP contribution < -0.4 is 0 Å². The molecule has 1 N–H and O–H groups in total. The van der Waals surface area contributed by atoms with Gasteiger partial charge in [-0.15, -0.1) is 0 Å². The van der Waals surface area contributed by atoms with E-state index in [4.69, 9.17) is 4.74 Å². The van der Waals surface area contributed by atoms with Crippen LogP contribution in [0.3, 0.4) is 0 Å². The minimum atomic E-state index is -4.74. The fraction of sp³-hybridized carbons (Fsp3) is 0.526. The van der Waals surface area contributed by atoms with Crippen molar-refractivity contribution in [3.8, 4) is 0 Å². The van der Waals surface area contributed by atoms with Gasteiger partial charge in [-0.3, -0.25) is 9.59 Å². The largest absolute Gasteiger partial charge is 0.466 e. The maximum absolute atomic E-state index is 13.7. The van der Waals surface area contributed by atoms with Gasteiger partial charge in [0.15, 0.2) is 0 Å². The van der Waals surface area contributed by atoms with Gasteiger partial charge >= 0.3 is 18.2 Å². The summed E-state index contributed by atoms with van der Waals surface area (Å²) >= 11 is 0. The summed E-state index contributed by atoms with van der Waals surface area (Å²) in [7, 11) is 0. The number of likely N-dealkylation sites (tertiary alicyclic amines) is 1. The molecule has 0 aliphatic carbocycles. The first-order chi connectivity index (χ1) is 13.5. The van der Waals surface area contributed by atoms with Gasteiger partial charge in [-0.2, -0.15) is 13.2 Å². The molecule has 29 heavy (non-hydrogen) atoms. The predicted molar refractivity (Wildman–Crippen MR) is 92.6 cm³/mol. The average molecular weight is 419 g/mol. The van der Waals surface area contributed by atoms with E-state index in [0.29, 0.717) is 6.07 Å². The topological polar surface area (TPSA) is 83.9 Å². The Morgan fingerprint density at radius 2 is 1.93 bits per heavy atom. The number of piperidine rings is 1. The molecule has 1 saturated heterocycles. The summed E-state index contributed by atoms with van der Waals surface area (Å²) in [5, 5.41) is 9.38. The van der Waals surface area contributed by atoms with Crippen molar-refractivity contribution in [3.63, 3.8) is 0 Å². The lowest BCUT2D eigenvalue weighted by atomic mass is 9.84. The maximum atomic E-state index is 13.7. The van der Waals surface area contributed by atoms with Crippen LogP contribution in [0.2, 0.25) is 0 Å². The van der Waals surface area contributed by atoms with E-state index in [1.54, 1.807) is 6.92 Å². The molecule has 2 atom stereocenters. The summed E-state index contributed by atoms with van der Waals surface area (Å²) in [5.41, 5.74) is -1.19. The van der Waals surface area contributed by atoms with Gasteiger partial charge in [0, 0.05) is 18.5 Å². The molecular weight excluding hydrogens is 398 g/mol. The Morgan fingerprint density at radius 1 is 1.24 bits per heavy atom. The van der Waals surface area contributed by atoms with Gasteiger partial charge in [0.05, 0.1) is 12.2 Å². The zero-order chi connectivity index (χ0) is 21.8. The fourth-order valence-electron chi connectivity index (χ4n) is 3.49. The van der Waals surface area contributed by atoms with Gasteiger partial charge in [0.2, 0.25) is 0 Å². The summed E-state index contributed by atoms with van der Waals surface area (Å²) in [6.45, 7) is 1.70. The third kappa shape index (κ3) is 6.16. The van der Waals surface area contributed by atoms with Gasteiger partial charge in [0.25, 0.3) is 0 Å². The average Bonchev–Trinajstić information content (AvgIpc) is 2.60. The number of carbonyl (C=O) groups excluding carboxylic acids is 2. The van der Waals surface area contributed by atoms with Gasteiger partial charge in [-0.05, 0) is 49.9 Å². The van der Waals surface area contributed by atoms with Gasteiger partial charge in [-0.1, -0.05) is 0 Å². The Balaban J connectivity index is 2.19. The Morgan fingerprint density at radius 3 is 2.52 bits per heavy atom. The maximum Gasteiger partial charge on any atom is 0.416 e. The van der Waals surface area contributed by atoms with Gasteiger partial charge in [-0.25, -0.2) is 9.18 Å². The van der Waals surface area contributed by atoms with Crippen molar-refractivity contribution in [2.75, 3.05) is 13.2 Å². The minimum Gasteiger partial charge on any atom is -0.466 e. The Bertz CT molecular complexity index is 780. The second-order valence-electron chi connectivity index (χ2n) is 6.85. The number of alkyl halides is 3. The standard InChI is InChI=1S/C19H21F4NO5/c1-2-29-17(26)10-16(25)12-3-4-24(18(27)28)15(8-12)7-11-5-13(19(21,22)23)9-14(20)6-11/h5-6,9,12,15H,2-4,7-8,10H2,1H3,(H,27,28). The third-order valence-corrected chi connectivity index (χ3v) is 4.80. The van der Waals surface area contributed by atoms with Crippen molar-refractivity contribution in [1.82, 2.24) is 4.90 Å². The molecule has 160 valence electrons. The van der Waals surface area contributed by atoms with E-state index in [2.05, 4.69) is 0 Å². The number of halogens is 4. The van der Waals surface area contributed by atoms with E-state index in [1.807, 2.05) is 0 Å². The monoisotopic (exact) mass is 419 g/mol. The molecule has 1 heterocycles. The molecule has 2 unspecified atom stereocenters. The molecule has 1 aromatic carbocycles. The van der Waals surface area contributed by atoms with Gasteiger partial charge < -0.3 is 14.7 Å². The molecule has 1 aliphatic heterocycles. The van der Waals surface area contributed by atoms with Crippen LogP contribution in [-0.4, -0.2) is 47.0 Å². The van der Waals surface area contributed by atoms with Crippen molar-refractivity contribution in [3.05, 3.63) is 35.1 Å². The summed E-state index contributed by atoms with van der Waals surface area (Å²) in [6.07, 6.45) is -6.43. The quantitative estimate of drug-likeness (QED) is 0.432. The summed E-state index contributed by atoms with van der Waals surface area (Å²) in [5.74, 6) is -2.80. The van der Waals surface area contributed by atoms with Crippen LogP contribution in [0.4, 0.5) is 22.4 Å². The Kier molecular flexibility index (Phi) is 7.21. The van der Waals surface area contributed by atoms with Crippen LogP contribution in [0.5, 0.6) is 0 Å². The molecule has 0 radical (unpaired) electrons. The number of carbonyl (C=O) groups is 3. The number of rotatable bonds is 6. The summed E-state index contributed by atoms with van der Waals surface area (Å²) in [6, 6.07) is 1.23. The van der Waals surface area contributed by atoms with Crippen LogP contribution in [0.25, 0.3) is 0 Å². The summed E-state index contributed by atoms with van der Waals surface area (Å²) in [4.78, 5) is 36.4. The molecular formula is C19H21F4NO5. The molecule has 0 aromatic heterocycles. The van der Waals surface area contributed by atoms with Crippen LogP contribution >= 0.6 is 0 Å². The lowest BCUT2D eigenvalue weighted by Crippen LogP contribution is -2.48. The first kappa shape index (κ1) is 22.6. The number of carboxylic acid groups (broad SMARTS) is 1. The van der Waals surface area contributed by atoms with Crippen molar-refractivity contribution < 1.29 is 41.8 Å². The highest BCUT2D eigenvalue weighted by Gasteiger charge is 2.36. The number of benzene rings is 1. The van der Waals surface area contributed by atoms with Crippen LogP contribution in [-0.2, 0) is 26.9 Å². The van der Waals surface area contributed by atoms with Crippen LogP contribution in [0.1, 0.15) is 37.3 Å².